The number of hydrogen-bond donors (Lipinski definition) is 0. The second-order valence-electron chi connectivity index (χ2n) is 1.48. The fourth-order valence-electron chi connectivity index (χ4n) is 0.192. The summed E-state index contributed by atoms with van der Waals surface area (Å²) >= 11 is -1.08. The third-order valence-corrected chi connectivity index (χ3v) is 1.65. The van der Waals surface area contributed by atoms with Gasteiger partial charge in [0.25, 0.3) is 0 Å². The maximum Gasteiger partial charge on any atom is 0.157 e. The highest BCUT2D eigenvalue weighted by Crippen LogP contribution is 1.91. The lowest BCUT2D eigenvalue weighted by Gasteiger charge is -1.98. The first-order valence-corrected chi connectivity index (χ1v) is 3.27. The summed E-state index contributed by atoms with van der Waals surface area (Å²) in [4.78, 5) is 0. The molecule has 44 valence electrons. The van der Waals surface area contributed by atoms with Crippen LogP contribution < -0.4 is 0 Å². The van der Waals surface area contributed by atoms with E-state index in [1.165, 1.54) is 7.11 Å². The van der Waals surface area contributed by atoms with E-state index in [-0.39, 0.29) is 5.25 Å². The van der Waals surface area contributed by atoms with Crippen molar-refractivity contribution in [3.05, 3.63) is 0 Å². The summed E-state index contributed by atoms with van der Waals surface area (Å²) in [6.45, 7) is 3.69. The van der Waals surface area contributed by atoms with Crippen LogP contribution in [0.1, 0.15) is 13.8 Å². The van der Waals surface area contributed by atoms with Crippen molar-refractivity contribution in [3.8, 4) is 0 Å². The van der Waals surface area contributed by atoms with E-state index in [0.717, 1.165) is 0 Å². The van der Waals surface area contributed by atoms with Crippen molar-refractivity contribution in [1.29, 1.82) is 0 Å². The summed E-state index contributed by atoms with van der Waals surface area (Å²) in [5, 5.41) is 0.116. The third kappa shape index (κ3) is 2.76. The first kappa shape index (κ1) is 7.11. The Hall–Kier alpha value is 0.110. The first-order chi connectivity index (χ1) is 3.18. The average molecular weight is 122 g/mol. The van der Waals surface area contributed by atoms with E-state index in [9.17, 15) is 4.21 Å². The monoisotopic (exact) mass is 122 g/mol. The molecule has 2 nitrogen and oxygen atoms in total. The van der Waals surface area contributed by atoms with Crippen molar-refractivity contribution in [2.75, 3.05) is 7.11 Å². The van der Waals surface area contributed by atoms with E-state index in [1.807, 2.05) is 13.8 Å². The molecule has 0 saturated carbocycles. The molecule has 0 heterocycles. The molecule has 0 rings (SSSR count). The second-order valence-corrected chi connectivity index (χ2v) is 3.27. The Kier molecular flexibility index (Phi) is 3.21. The maximum atomic E-state index is 10.4. The smallest absolute Gasteiger partial charge is 0.157 e. The van der Waals surface area contributed by atoms with E-state index in [0.29, 0.717) is 0 Å². The lowest BCUT2D eigenvalue weighted by Crippen LogP contribution is -2.05. The molecule has 0 aromatic rings. The van der Waals surface area contributed by atoms with Gasteiger partial charge in [0.05, 0.1) is 12.4 Å². The zero-order valence-corrected chi connectivity index (χ0v) is 5.62. The SMILES string of the molecule is COS(=O)C(C)C. The lowest BCUT2D eigenvalue weighted by molar-refractivity contribution is 0.440. The molecular weight excluding hydrogens is 112 g/mol. The largest absolute Gasteiger partial charge is 0.294 e. The third-order valence-electron chi connectivity index (χ3n) is 0.549. The van der Waals surface area contributed by atoms with Crippen molar-refractivity contribution in [3.63, 3.8) is 0 Å². The van der Waals surface area contributed by atoms with Gasteiger partial charge in [-0.25, -0.2) is 4.21 Å². The van der Waals surface area contributed by atoms with Crippen LogP contribution in [0.3, 0.4) is 0 Å². The van der Waals surface area contributed by atoms with Gasteiger partial charge in [0.15, 0.2) is 11.1 Å². The minimum Gasteiger partial charge on any atom is -0.294 e. The van der Waals surface area contributed by atoms with Crippen LogP contribution >= 0.6 is 0 Å². The summed E-state index contributed by atoms with van der Waals surface area (Å²) in [7, 11) is 1.44. The van der Waals surface area contributed by atoms with Crippen LogP contribution in [0.15, 0.2) is 0 Å². The highest BCUT2D eigenvalue weighted by atomic mass is 32.2. The predicted molar refractivity (Wildman–Crippen MR) is 30.3 cm³/mol. The first-order valence-electron chi connectivity index (χ1n) is 2.13. The summed E-state index contributed by atoms with van der Waals surface area (Å²) in [5.74, 6) is 0. The molecule has 0 aromatic heterocycles. The van der Waals surface area contributed by atoms with Gasteiger partial charge in [-0.3, -0.25) is 4.18 Å². The zero-order valence-electron chi connectivity index (χ0n) is 4.80. The van der Waals surface area contributed by atoms with Crippen molar-refractivity contribution in [2.24, 2.45) is 0 Å². The maximum absolute atomic E-state index is 10.4. The summed E-state index contributed by atoms with van der Waals surface area (Å²) < 4.78 is 14.9. The summed E-state index contributed by atoms with van der Waals surface area (Å²) in [6, 6.07) is 0. The molecule has 7 heavy (non-hydrogen) atoms. The topological polar surface area (TPSA) is 26.3 Å². The van der Waals surface area contributed by atoms with Gasteiger partial charge in [-0.15, -0.1) is 0 Å². The Bertz CT molecular complexity index is 70.1. The molecule has 0 amide bonds. The predicted octanol–water partition coefficient (Wildman–Crippen LogP) is 0.705. The molecule has 0 spiro atoms. The molecule has 0 aliphatic carbocycles. The summed E-state index contributed by atoms with van der Waals surface area (Å²) in [6.07, 6.45) is 0. The molecule has 3 heteroatoms. The molecule has 0 bridgehead atoms. The molecule has 0 aliphatic heterocycles. The molecular formula is C4H10O2S. The van der Waals surface area contributed by atoms with E-state index in [2.05, 4.69) is 4.18 Å². The van der Waals surface area contributed by atoms with Crippen LogP contribution in [0.2, 0.25) is 0 Å². The van der Waals surface area contributed by atoms with E-state index in [4.69, 9.17) is 0 Å². The molecule has 0 aliphatic rings. The van der Waals surface area contributed by atoms with Crippen LogP contribution in [0.5, 0.6) is 0 Å². The Morgan fingerprint density at radius 2 is 2.00 bits per heavy atom. The number of hydrogen-bond acceptors (Lipinski definition) is 2. The fourth-order valence-corrected chi connectivity index (χ4v) is 0.577. The molecule has 1 unspecified atom stereocenters. The zero-order chi connectivity index (χ0) is 5.86. The van der Waals surface area contributed by atoms with Gasteiger partial charge in [-0.05, 0) is 13.8 Å². The van der Waals surface area contributed by atoms with Gasteiger partial charge in [-0.1, -0.05) is 0 Å². The van der Waals surface area contributed by atoms with E-state index in [1.54, 1.807) is 0 Å². The minimum atomic E-state index is -1.08. The van der Waals surface area contributed by atoms with Crippen LogP contribution in [-0.4, -0.2) is 16.6 Å². The van der Waals surface area contributed by atoms with Crippen molar-refractivity contribution < 1.29 is 8.39 Å². The van der Waals surface area contributed by atoms with Gasteiger partial charge >= 0.3 is 0 Å². The van der Waals surface area contributed by atoms with Gasteiger partial charge in [0.2, 0.25) is 0 Å². The molecule has 1 atom stereocenters. The van der Waals surface area contributed by atoms with E-state index < -0.39 is 11.1 Å². The Labute approximate surface area is 46.5 Å². The molecule has 0 fully saturated rings. The van der Waals surface area contributed by atoms with Gasteiger partial charge in [0.1, 0.15) is 0 Å². The van der Waals surface area contributed by atoms with Gasteiger partial charge in [0, 0.05) is 0 Å². The second kappa shape index (κ2) is 3.16. The molecule has 0 aromatic carbocycles. The average Bonchev–Trinajstić information content (AvgIpc) is 1.65. The Balaban J connectivity index is 3.35. The fraction of sp³-hybridized carbons (Fsp3) is 1.00. The minimum absolute atomic E-state index is 0.116. The highest BCUT2D eigenvalue weighted by molar-refractivity contribution is 7.80. The Morgan fingerprint density at radius 1 is 1.57 bits per heavy atom. The van der Waals surface area contributed by atoms with Gasteiger partial charge < -0.3 is 0 Å². The van der Waals surface area contributed by atoms with Crippen molar-refractivity contribution in [2.45, 2.75) is 19.1 Å². The highest BCUT2D eigenvalue weighted by Gasteiger charge is 1.99. The standard InChI is InChI=1S/C4H10O2S/c1-4(2)7(5)6-3/h4H,1-3H3. The molecule has 0 N–H and O–H groups in total. The lowest BCUT2D eigenvalue weighted by atomic mass is 10.6. The van der Waals surface area contributed by atoms with Crippen molar-refractivity contribution in [1.82, 2.24) is 0 Å². The Morgan fingerprint density at radius 3 is 2.00 bits per heavy atom. The van der Waals surface area contributed by atoms with Crippen LogP contribution in [0.4, 0.5) is 0 Å². The normalized spacial score (nSPS) is 14.9. The number of rotatable bonds is 2. The van der Waals surface area contributed by atoms with Crippen LogP contribution in [0, 0.1) is 0 Å². The van der Waals surface area contributed by atoms with Crippen LogP contribution in [0.25, 0.3) is 0 Å². The summed E-state index contributed by atoms with van der Waals surface area (Å²) in [5.41, 5.74) is 0. The quantitative estimate of drug-likeness (QED) is 0.539. The van der Waals surface area contributed by atoms with E-state index >= 15 is 0 Å². The molecule has 0 saturated heterocycles. The van der Waals surface area contributed by atoms with Crippen molar-refractivity contribution >= 4 is 11.1 Å². The van der Waals surface area contributed by atoms with Crippen LogP contribution in [-0.2, 0) is 15.3 Å². The van der Waals surface area contributed by atoms with Gasteiger partial charge in [-0.2, -0.15) is 0 Å². The molecule has 0 radical (unpaired) electrons.